The van der Waals surface area contributed by atoms with Crippen LogP contribution < -0.4 is 0 Å². The van der Waals surface area contributed by atoms with E-state index in [0.717, 1.165) is 5.56 Å². The van der Waals surface area contributed by atoms with Crippen molar-refractivity contribution in [2.75, 3.05) is 24.6 Å². The van der Waals surface area contributed by atoms with Gasteiger partial charge in [0.15, 0.2) is 5.84 Å². The van der Waals surface area contributed by atoms with E-state index in [1.807, 2.05) is 11.0 Å². The smallest absolute Gasteiger partial charge is 0.278 e. The lowest BCUT2D eigenvalue weighted by Gasteiger charge is -2.22. The van der Waals surface area contributed by atoms with Crippen molar-refractivity contribution in [3.8, 4) is 11.8 Å². The van der Waals surface area contributed by atoms with Crippen molar-refractivity contribution in [3.63, 3.8) is 0 Å². The minimum absolute atomic E-state index is 0.260. The van der Waals surface area contributed by atoms with E-state index in [1.54, 1.807) is 19.2 Å². The fourth-order valence-electron chi connectivity index (χ4n) is 2.22. The molecule has 1 atom stereocenters. The number of thioether (sulfide) groups is 1. The summed E-state index contributed by atoms with van der Waals surface area (Å²) in [6, 6.07) is 2.79. The molecule has 0 spiro atoms. The van der Waals surface area contributed by atoms with Crippen molar-refractivity contribution in [1.29, 1.82) is 0 Å². The maximum absolute atomic E-state index is 11.4. The summed E-state index contributed by atoms with van der Waals surface area (Å²) in [7, 11) is 0. The summed E-state index contributed by atoms with van der Waals surface area (Å²) in [5.41, 5.74) is 0.954. The van der Waals surface area contributed by atoms with E-state index >= 15 is 0 Å². The molecule has 1 aromatic rings. The van der Waals surface area contributed by atoms with Crippen LogP contribution in [0.3, 0.4) is 0 Å². The van der Waals surface area contributed by atoms with E-state index < -0.39 is 6.04 Å². The van der Waals surface area contributed by atoms with Crippen molar-refractivity contribution in [2.24, 2.45) is 4.99 Å². The SMILES string of the molecule is CC#CCSCC(C1=NCCN1Cc1ccc(Cl)nc1)[N+](=O)[O-]. The number of aliphatic imine (C=N–C) groups is 1. The minimum atomic E-state index is -0.804. The van der Waals surface area contributed by atoms with Crippen LogP contribution in [0.1, 0.15) is 12.5 Å². The number of rotatable bonds is 7. The summed E-state index contributed by atoms with van der Waals surface area (Å²) in [6.07, 6.45) is 1.69. The molecule has 0 radical (unpaired) electrons. The van der Waals surface area contributed by atoms with Gasteiger partial charge in [0.1, 0.15) is 5.15 Å². The van der Waals surface area contributed by atoms with Crippen LogP contribution in [0.15, 0.2) is 23.3 Å². The lowest BCUT2D eigenvalue weighted by atomic mass is 10.2. The van der Waals surface area contributed by atoms with E-state index in [4.69, 9.17) is 11.6 Å². The second kappa shape index (κ2) is 8.75. The first-order chi connectivity index (χ1) is 11.1. The summed E-state index contributed by atoms with van der Waals surface area (Å²) in [5.74, 6) is 7.20. The Balaban J connectivity index is 2.03. The first kappa shape index (κ1) is 17.6. The highest BCUT2D eigenvalue weighted by atomic mass is 35.5. The van der Waals surface area contributed by atoms with E-state index in [1.165, 1.54) is 11.8 Å². The number of hydrogen-bond donors (Lipinski definition) is 0. The third kappa shape index (κ3) is 5.12. The van der Waals surface area contributed by atoms with Gasteiger partial charge in [-0.3, -0.25) is 15.1 Å². The first-order valence-electron chi connectivity index (χ1n) is 7.12. The molecule has 1 aromatic heterocycles. The van der Waals surface area contributed by atoms with Crippen LogP contribution in [0.2, 0.25) is 5.15 Å². The van der Waals surface area contributed by atoms with E-state index in [0.29, 0.717) is 42.1 Å². The molecule has 1 unspecified atom stereocenters. The average molecular weight is 353 g/mol. The topological polar surface area (TPSA) is 71.6 Å². The highest BCUT2D eigenvalue weighted by Gasteiger charge is 2.33. The number of hydrogen-bond acceptors (Lipinski definition) is 6. The molecular formula is C15H17ClN4O2S. The Bertz CT molecular complexity index is 639. The molecule has 1 aliphatic heterocycles. The lowest BCUT2D eigenvalue weighted by Crippen LogP contribution is -2.41. The van der Waals surface area contributed by atoms with Gasteiger partial charge in [0.2, 0.25) is 0 Å². The molecule has 0 aliphatic carbocycles. The number of nitrogens with zero attached hydrogens (tertiary/aromatic N) is 4. The predicted molar refractivity (Wildman–Crippen MR) is 93.5 cm³/mol. The third-order valence-electron chi connectivity index (χ3n) is 3.31. The van der Waals surface area contributed by atoms with Gasteiger partial charge >= 0.3 is 0 Å². The maximum atomic E-state index is 11.4. The zero-order valence-electron chi connectivity index (χ0n) is 12.7. The molecule has 6 nitrogen and oxygen atoms in total. The quantitative estimate of drug-likeness (QED) is 0.248. The van der Waals surface area contributed by atoms with Gasteiger partial charge in [0.05, 0.1) is 18.1 Å². The second-order valence-electron chi connectivity index (χ2n) is 4.89. The Morgan fingerprint density at radius 2 is 2.39 bits per heavy atom. The Labute approximate surface area is 144 Å². The minimum Gasteiger partial charge on any atom is -0.348 e. The molecule has 0 fully saturated rings. The van der Waals surface area contributed by atoms with Crippen LogP contribution in [0.25, 0.3) is 0 Å². The molecule has 0 saturated heterocycles. The van der Waals surface area contributed by atoms with Crippen LogP contribution in [0, 0.1) is 22.0 Å². The summed E-state index contributed by atoms with van der Waals surface area (Å²) >= 11 is 7.24. The van der Waals surface area contributed by atoms with Gasteiger partial charge in [-0.25, -0.2) is 4.98 Å². The summed E-state index contributed by atoms with van der Waals surface area (Å²) in [6.45, 7) is 3.57. The third-order valence-corrected chi connectivity index (χ3v) is 4.43. The number of amidine groups is 1. The molecule has 1 aliphatic rings. The van der Waals surface area contributed by atoms with Crippen LogP contribution >= 0.6 is 23.4 Å². The zero-order chi connectivity index (χ0) is 16.7. The number of aromatic nitrogens is 1. The molecule has 8 heteroatoms. The van der Waals surface area contributed by atoms with Crippen molar-refractivity contribution in [1.82, 2.24) is 9.88 Å². The number of pyridine rings is 1. The van der Waals surface area contributed by atoms with Gasteiger partial charge < -0.3 is 4.90 Å². The Morgan fingerprint density at radius 3 is 3.04 bits per heavy atom. The second-order valence-corrected chi connectivity index (χ2v) is 6.31. The maximum Gasteiger partial charge on any atom is 0.278 e. The lowest BCUT2D eigenvalue weighted by molar-refractivity contribution is -0.498. The molecule has 0 bridgehead atoms. The first-order valence-corrected chi connectivity index (χ1v) is 8.65. The molecule has 23 heavy (non-hydrogen) atoms. The Hall–Kier alpha value is -1.78. The number of nitro groups is 1. The zero-order valence-corrected chi connectivity index (χ0v) is 14.3. The van der Waals surface area contributed by atoms with Gasteiger partial charge in [-0.05, 0) is 18.6 Å². The highest BCUT2D eigenvalue weighted by Crippen LogP contribution is 2.16. The van der Waals surface area contributed by atoms with Gasteiger partial charge in [0.25, 0.3) is 6.04 Å². The number of halogens is 1. The summed E-state index contributed by atoms with van der Waals surface area (Å²) in [5, 5.41) is 11.8. The molecule has 0 saturated carbocycles. The fourth-order valence-corrected chi connectivity index (χ4v) is 3.19. The normalized spacial score (nSPS) is 14.9. The molecular weight excluding hydrogens is 336 g/mol. The summed E-state index contributed by atoms with van der Waals surface area (Å²) in [4.78, 5) is 21.5. The standard InChI is InChI=1S/C15H17ClN4O2S/c1-2-3-8-23-11-13(20(21)22)15-17-6-7-19(15)10-12-4-5-14(16)18-9-12/h4-5,9,13H,6-8,10-11H2,1H3. The van der Waals surface area contributed by atoms with Crippen molar-refractivity contribution in [2.45, 2.75) is 19.5 Å². The van der Waals surface area contributed by atoms with Crippen LogP contribution in [0.4, 0.5) is 0 Å². The molecule has 122 valence electrons. The van der Waals surface area contributed by atoms with Gasteiger partial charge in [-0.15, -0.1) is 17.7 Å². The van der Waals surface area contributed by atoms with Crippen LogP contribution in [0.5, 0.6) is 0 Å². The molecule has 2 heterocycles. The molecule has 0 N–H and O–H groups in total. The Morgan fingerprint density at radius 1 is 1.57 bits per heavy atom. The van der Waals surface area contributed by atoms with Crippen LogP contribution in [-0.4, -0.2) is 51.3 Å². The molecule has 0 aromatic carbocycles. The van der Waals surface area contributed by atoms with Crippen molar-refractivity contribution < 1.29 is 4.92 Å². The predicted octanol–water partition coefficient (Wildman–Crippen LogP) is 2.35. The largest absolute Gasteiger partial charge is 0.348 e. The van der Waals surface area contributed by atoms with E-state index in [9.17, 15) is 10.1 Å². The molecule has 0 amide bonds. The van der Waals surface area contributed by atoms with Crippen molar-refractivity contribution in [3.05, 3.63) is 39.2 Å². The van der Waals surface area contributed by atoms with Crippen LogP contribution in [-0.2, 0) is 6.54 Å². The fraction of sp³-hybridized carbons (Fsp3) is 0.467. The Kier molecular flexibility index (Phi) is 6.68. The van der Waals surface area contributed by atoms with Gasteiger partial charge in [-0.1, -0.05) is 23.6 Å². The van der Waals surface area contributed by atoms with E-state index in [2.05, 4.69) is 21.8 Å². The average Bonchev–Trinajstić information content (AvgIpc) is 2.97. The summed E-state index contributed by atoms with van der Waals surface area (Å²) < 4.78 is 0. The van der Waals surface area contributed by atoms with Gasteiger partial charge in [-0.2, -0.15) is 0 Å². The van der Waals surface area contributed by atoms with E-state index in [-0.39, 0.29) is 4.92 Å². The van der Waals surface area contributed by atoms with Crippen molar-refractivity contribution >= 4 is 29.2 Å². The molecule has 2 rings (SSSR count). The van der Waals surface area contributed by atoms with Gasteiger partial charge in [0, 0.05) is 24.2 Å². The monoisotopic (exact) mass is 352 g/mol. The highest BCUT2D eigenvalue weighted by molar-refractivity contribution is 7.99.